The van der Waals surface area contributed by atoms with Crippen molar-refractivity contribution in [3.8, 4) is 0 Å². The van der Waals surface area contributed by atoms with Crippen LogP contribution >= 0.6 is 0 Å². The van der Waals surface area contributed by atoms with Crippen LogP contribution in [0.15, 0.2) is 0 Å². The number of aliphatic hydroxyl groups excluding tert-OH is 1. The Morgan fingerprint density at radius 1 is 1.28 bits per heavy atom. The second-order valence-corrected chi connectivity index (χ2v) is 5.38. The van der Waals surface area contributed by atoms with Crippen LogP contribution in [0.5, 0.6) is 0 Å². The molecule has 0 aliphatic heterocycles. The van der Waals surface area contributed by atoms with Crippen LogP contribution in [0.1, 0.15) is 34.6 Å². The van der Waals surface area contributed by atoms with Crippen molar-refractivity contribution in [3.63, 3.8) is 0 Å². The van der Waals surface area contributed by atoms with Gasteiger partial charge in [-0.1, -0.05) is 13.8 Å². The normalized spacial score (nSPS) is 13.1. The van der Waals surface area contributed by atoms with Gasteiger partial charge in [-0.3, -0.25) is 4.79 Å². The first-order chi connectivity index (χ1) is 8.17. The van der Waals surface area contributed by atoms with Crippen molar-refractivity contribution < 1.29 is 19.4 Å². The summed E-state index contributed by atoms with van der Waals surface area (Å²) in [5.74, 6) is -0.402. The third-order valence-electron chi connectivity index (χ3n) is 2.03. The monoisotopic (exact) mass is 260 g/mol. The molecule has 0 aliphatic rings. The predicted octanol–water partition coefficient (Wildman–Crippen LogP) is 0.644. The number of carbonyl (C=O) groups excluding carboxylic acids is 2. The number of hydrogen-bond donors (Lipinski definition) is 3. The van der Waals surface area contributed by atoms with Crippen LogP contribution in [-0.2, 0) is 9.53 Å². The van der Waals surface area contributed by atoms with Gasteiger partial charge >= 0.3 is 6.09 Å². The lowest BCUT2D eigenvalue weighted by molar-refractivity contribution is -0.124. The van der Waals surface area contributed by atoms with E-state index in [1.54, 1.807) is 20.8 Å². The number of carbonyl (C=O) groups is 2. The van der Waals surface area contributed by atoms with E-state index in [0.717, 1.165) is 0 Å². The van der Waals surface area contributed by atoms with E-state index in [9.17, 15) is 9.59 Å². The zero-order chi connectivity index (χ0) is 14.3. The molecule has 3 N–H and O–H groups in total. The van der Waals surface area contributed by atoms with E-state index in [-0.39, 0.29) is 25.0 Å². The number of ether oxygens (including phenoxy) is 1. The number of aliphatic hydroxyl groups is 1. The van der Waals surface area contributed by atoms with Gasteiger partial charge in [0.1, 0.15) is 11.6 Å². The van der Waals surface area contributed by atoms with Gasteiger partial charge in [0.05, 0.1) is 6.61 Å². The molecule has 0 aliphatic carbocycles. The van der Waals surface area contributed by atoms with Crippen molar-refractivity contribution in [3.05, 3.63) is 0 Å². The molecule has 6 nitrogen and oxygen atoms in total. The Labute approximate surface area is 108 Å². The second kappa shape index (κ2) is 7.20. The second-order valence-electron chi connectivity index (χ2n) is 5.38. The molecule has 0 heterocycles. The van der Waals surface area contributed by atoms with Crippen LogP contribution < -0.4 is 10.6 Å². The first kappa shape index (κ1) is 16.7. The van der Waals surface area contributed by atoms with E-state index >= 15 is 0 Å². The number of nitrogens with one attached hydrogen (secondary N) is 2. The van der Waals surface area contributed by atoms with Crippen LogP contribution in [0, 0.1) is 5.92 Å². The van der Waals surface area contributed by atoms with Gasteiger partial charge in [-0.25, -0.2) is 4.79 Å². The van der Waals surface area contributed by atoms with Gasteiger partial charge in [-0.05, 0) is 26.7 Å². The molecule has 0 spiro atoms. The minimum atomic E-state index is -0.675. The van der Waals surface area contributed by atoms with E-state index in [4.69, 9.17) is 9.84 Å². The maximum atomic E-state index is 11.8. The minimum absolute atomic E-state index is 0.0730. The van der Waals surface area contributed by atoms with E-state index in [2.05, 4.69) is 10.6 Å². The van der Waals surface area contributed by atoms with Crippen LogP contribution in [-0.4, -0.2) is 41.9 Å². The lowest BCUT2D eigenvalue weighted by atomic mass is 10.0. The smallest absolute Gasteiger partial charge is 0.408 e. The van der Waals surface area contributed by atoms with E-state index in [0.29, 0.717) is 0 Å². The highest BCUT2D eigenvalue weighted by atomic mass is 16.6. The van der Waals surface area contributed by atoms with Crippen molar-refractivity contribution in [1.82, 2.24) is 10.6 Å². The van der Waals surface area contributed by atoms with E-state index in [1.165, 1.54) is 0 Å². The van der Waals surface area contributed by atoms with Gasteiger partial charge in [0.25, 0.3) is 0 Å². The number of alkyl carbamates (subject to hydrolysis) is 1. The third kappa shape index (κ3) is 7.11. The van der Waals surface area contributed by atoms with Crippen molar-refractivity contribution in [2.24, 2.45) is 5.92 Å². The van der Waals surface area contributed by atoms with Gasteiger partial charge < -0.3 is 20.5 Å². The van der Waals surface area contributed by atoms with E-state index in [1.807, 2.05) is 13.8 Å². The Bertz CT molecular complexity index is 284. The Morgan fingerprint density at radius 3 is 2.22 bits per heavy atom. The van der Waals surface area contributed by atoms with Gasteiger partial charge in [-0.15, -0.1) is 0 Å². The first-order valence-corrected chi connectivity index (χ1v) is 6.05. The van der Waals surface area contributed by atoms with Crippen LogP contribution in [0.25, 0.3) is 0 Å². The molecule has 0 saturated carbocycles. The Balaban J connectivity index is 4.45. The van der Waals surface area contributed by atoms with Crippen LogP contribution in [0.4, 0.5) is 4.79 Å². The fraction of sp³-hybridized carbons (Fsp3) is 0.833. The molecule has 1 atom stereocenters. The zero-order valence-corrected chi connectivity index (χ0v) is 11.7. The summed E-state index contributed by atoms with van der Waals surface area (Å²) in [6.45, 7) is 8.93. The summed E-state index contributed by atoms with van der Waals surface area (Å²) in [4.78, 5) is 23.3. The summed E-state index contributed by atoms with van der Waals surface area (Å²) in [5.41, 5.74) is -0.604. The maximum Gasteiger partial charge on any atom is 0.408 e. The maximum absolute atomic E-state index is 11.8. The molecule has 0 aromatic heterocycles. The molecule has 0 aromatic carbocycles. The topological polar surface area (TPSA) is 87.7 Å². The lowest BCUT2D eigenvalue weighted by Gasteiger charge is -2.25. The summed E-state index contributed by atoms with van der Waals surface area (Å²) < 4.78 is 5.09. The molecule has 0 saturated heterocycles. The molecule has 0 aromatic rings. The molecule has 0 rings (SSSR count). The summed E-state index contributed by atoms with van der Waals surface area (Å²) >= 11 is 0. The zero-order valence-electron chi connectivity index (χ0n) is 11.7. The fourth-order valence-corrected chi connectivity index (χ4v) is 1.26. The highest BCUT2D eigenvalue weighted by molar-refractivity contribution is 5.85. The molecular weight excluding hydrogens is 236 g/mol. The molecule has 18 heavy (non-hydrogen) atoms. The fourth-order valence-electron chi connectivity index (χ4n) is 1.26. The van der Waals surface area contributed by atoms with Crippen molar-refractivity contribution in [2.45, 2.75) is 46.3 Å². The summed E-state index contributed by atoms with van der Waals surface area (Å²) in [5, 5.41) is 13.7. The largest absolute Gasteiger partial charge is 0.444 e. The van der Waals surface area contributed by atoms with E-state index < -0.39 is 17.7 Å². The first-order valence-electron chi connectivity index (χ1n) is 6.05. The third-order valence-corrected chi connectivity index (χ3v) is 2.03. The minimum Gasteiger partial charge on any atom is -0.444 e. The molecule has 0 unspecified atom stereocenters. The SMILES string of the molecule is CC(C)[C@H](NC(=O)OC(C)(C)C)C(=O)NCCO. The van der Waals surface area contributed by atoms with Gasteiger partial charge in [0.2, 0.25) is 5.91 Å². The van der Waals surface area contributed by atoms with Gasteiger partial charge in [-0.2, -0.15) is 0 Å². The highest BCUT2D eigenvalue weighted by Crippen LogP contribution is 2.08. The van der Waals surface area contributed by atoms with Crippen molar-refractivity contribution in [2.75, 3.05) is 13.2 Å². The van der Waals surface area contributed by atoms with Crippen LogP contribution in [0.2, 0.25) is 0 Å². The average Bonchev–Trinajstić information content (AvgIpc) is 2.19. The molecule has 0 bridgehead atoms. The lowest BCUT2D eigenvalue weighted by Crippen LogP contribution is -2.51. The summed E-state index contributed by atoms with van der Waals surface area (Å²) in [6, 6.07) is -0.675. The number of amides is 2. The average molecular weight is 260 g/mol. The highest BCUT2D eigenvalue weighted by Gasteiger charge is 2.26. The van der Waals surface area contributed by atoms with Gasteiger partial charge in [0.15, 0.2) is 0 Å². The molecule has 0 radical (unpaired) electrons. The number of rotatable bonds is 5. The predicted molar refractivity (Wildman–Crippen MR) is 68.1 cm³/mol. The Morgan fingerprint density at radius 2 is 1.83 bits per heavy atom. The molecule has 0 fully saturated rings. The Hall–Kier alpha value is -1.30. The number of hydrogen-bond acceptors (Lipinski definition) is 4. The molecular formula is C12H24N2O4. The van der Waals surface area contributed by atoms with Crippen molar-refractivity contribution in [1.29, 1.82) is 0 Å². The quantitative estimate of drug-likeness (QED) is 0.677. The van der Waals surface area contributed by atoms with Crippen LogP contribution in [0.3, 0.4) is 0 Å². The standard InChI is InChI=1S/C12H24N2O4/c1-8(2)9(10(16)13-6-7-15)14-11(17)18-12(3,4)5/h8-9,15H,6-7H2,1-5H3,(H,13,16)(H,14,17)/t9-/m0/s1. The Kier molecular flexibility index (Phi) is 6.68. The van der Waals surface area contributed by atoms with Crippen molar-refractivity contribution >= 4 is 12.0 Å². The summed E-state index contributed by atoms with van der Waals surface area (Å²) in [6.07, 6.45) is -0.625. The molecule has 106 valence electrons. The summed E-state index contributed by atoms with van der Waals surface area (Å²) in [7, 11) is 0. The molecule has 2 amide bonds. The van der Waals surface area contributed by atoms with Gasteiger partial charge in [0, 0.05) is 6.54 Å². The molecule has 6 heteroatoms.